The maximum atomic E-state index is 15.0. The Morgan fingerprint density at radius 1 is 1.13 bits per heavy atom. The van der Waals surface area contributed by atoms with Gasteiger partial charge in [-0.25, -0.2) is 4.79 Å². The van der Waals surface area contributed by atoms with Gasteiger partial charge in [-0.1, -0.05) is 22.7 Å². The summed E-state index contributed by atoms with van der Waals surface area (Å²) in [5.74, 6) is -0.332. The van der Waals surface area contributed by atoms with Crippen LogP contribution in [0.5, 0.6) is 5.75 Å². The number of benzene rings is 2. The van der Waals surface area contributed by atoms with Crippen LogP contribution in [0.15, 0.2) is 60.9 Å². The number of fused-ring (bicyclic) bond motifs is 1. The molecule has 31 heavy (non-hydrogen) atoms. The number of urea groups is 1. The number of halogens is 4. The van der Waals surface area contributed by atoms with Crippen LogP contribution in [0.1, 0.15) is 11.1 Å². The lowest BCUT2D eigenvalue weighted by molar-refractivity contribution is -0.138. The van der Waals surface area contributed by atoms with E-state index in [0.717, 1.165) is 23.6 Å². The summed E-state index contributed by atoms with van der Waals surface area (Å²) in [6.07, 6.45) is -1.18. The number of hydrogen-bond acceptors (Lipinski definition) is 3. The van der Waals surface area contributed by atoms with Gasteiger partial charge in [0.1, 0.15) is 5.75 Å². The van der Waals surface area contributed by atoms with Crippen molar-refractivity contribution >= 4 is 17.4 Å². The summed E-state index contributed by atoms with van der Waals surface area (Å²) in [6, 6.07) is 10.7. The minimum absolute atomic E-state index is 0.0178. The van der Waals surface area contributed by atoms with Crippen molar-refractivity contribution in [2.24, 2.45) is 0 Å². The average Bonchev–Trinajstić information content (AvgIpc) is 3.20. The van der Waals surface area contributed by atoms with Crippen LogP contribution in [0.25, 0.3) is 11.1 Å². The highest BCUT2D eigenvalue weighted by Gasteiger charge is 2.38. The number of anilines is 2. The molecule has 0 aliphatic carbocycles. The minimum atomic E-state index is -4.68. The number of aromatic nitrogens is 1. The zero-order valence-electron chi connectivity index (χ0n) is 16.4. The summed E-state index contributed by atoms with van der Waals surface area (Å²) >= 11 is 0. The maximum absolute atomic E-state index is 15.0. The van der Waals surface area contributed by atoms with Crippen LogP contribution in [0.2, 0.25) is 0 Å². The second kappa shape index (κ2) is 7.90. The molecular formula is C22H17F4N3O2. The SMILES string of the molecule is COc1cc2c(cc1C(F)(F)F)N(C(=O)N(F)c1cccc(-c3cccnc3)c1)CC2. The molecule has 0 spiro atoms. The van der Waals surface area contributed by atoms with Crippen molar-refractivity contribution in [2.75, 3.05) is 23.7 Å². The molecule has 3 aromatic rings. The first-order valence-corrected chi connectivity index (χ1v) is 9.35. The van der Waals surface area contributed by atoms with Crippen LogP contribution in [0, 0.1) is 0 Å². The second-order valence-corrected chi connectivity index (χ2v) is 6.94. The van der Waals surface area contributed by atoms with Crippen molar-refractivity contribution in [1.82, 2.24) is 4.98 Å². The number of amides is 2. The van der Waals surface area contributed by atoms with Gasteiger partial charge in [-0.3, -0.25) is 9.88 Å². The van der Waals surface area contributed by atoms with Crippen LogP contribution >= 0.6 is 0 Å². The summed E-state index contributed by atoms with van der Waals surface area (Å²) in [5, 5.41) is -0.0630. The van der Waals surface area contributed by atoms with Crippen molar-refractivity contribution in [1.29, 1.82) is 0 Å². The third-order valence-electron chi connectivity index (χ3n) is 5.07. The topological polar surface area (TPSA) is 45.7 Å². The van der Waals surface area contributed by atoms with E-state index in [2.05, 4.69) is 4.98 Å². The van der Waals surface area contributed by atoms with Gasteiger partial charge in [-0.15, -0.1) is 5.12 Å². The third kappa shape index (κ3) is 3.90. The summed E-state index contributed by atoms with van der Waals surface area (Å²) in [6.45, 7) is 0.0569. The van der Waals surface area contributed by atoms with E-state index in [1.807, 2.05) is 0 Å². The van der Waals surface area contributed by atoms with Crippen molar-refractivity contribution in [2.45, 2.75) is 12.6 Å². The molecule has 0 saturated heterocycles. The highest BCUT2D eigenvalue weighted by molar-refractivity contribution is 6.03. The largest absolute Gasteiger partial charge is 0.496 e. The van der Waals surface area contributed by atoms with E-state index < -0.39 is 17.8 Å². The number of nitrogens with zero attached hydrogens (tertiary/aromatic N) is 3. The van der Waals surface area contributed by atoms with Gasteiger partial charge in [0.25, 0.3) is 0 Å². The molecule has 2 aromatic carbocycles. The van der Waals surface area contributed by atoms with Crippen molar-refractivity contribution < 1.29 is 27.2 Å². The lowest BCUT2D eigenvalue weighted by Gasteiger charge is -2.23. The van der Waals surface area contributed by atoms with Gasteiger partial charge in [0.05, 0.1) is 18.4 Å². The Morgan fingerprint density at radius 2 is 1.90 bits per heavy atom. The normalized spacial score (nSPS) is 13.1. The second-order valence-electron chi connectivity index (χ2n) is 6.94. The fourth-order valence-corrected chi connectivity index (χ4v) is 3.56. The third-order valence-corrected chi connectivity index (χ3v) is 5.07. The van der Waals surface area contributed by atoms with Crippen LogP contribution in [0.3, 0.4) is 0 Å². The number of carbonyl (C=O) groups is 1. The van der Waals surface area contributed by atoms with E-state index in [4.69, 9.17) is 4.74 Å². The van der Waals surface area contributed by atoms with Gasteiger partial charge in [-0.2, -0.15) is 13.2 Å². The Bertz CT molecular complexity index is 1120. The van der Waals surface area contributed by atoms with Gasteiger partial charge in [-0.05, 0) is 47.9 Å². The number of pyridine rings is 1. The molecular weight excluding hydrogens is 414 g/mol. The Hall–Kier alpha value is -3.62. The molecule has 9 heteroatoms. The van der Waals surface area contributed by atoms with E-state index >= 15 is 4.48 Å². The summed E-state index contributed by atoms with van der Waals surface area (Å²) in [5.41, 5.74) is 0.826. The van der Waals surface area contributed by atoms with Crippen molar-refractivity contribution in [3.8, 4) is 16.9 Å². The zero-order chi connectivity index (χ0) is 22.2. The molecule has 4 rings (SSSR count). The standard InChI is InChI=1S/C22H17F4N3O2/c1-31-20-11-15-7-9-28(19(15)12-18(20)22(23,24)25)21(30)29(26)17-6-2-4-14(10-17)16-5-3-8-27-13-16/h2-6,8,10-13H,7,9H2,1H3. The monoisotopic (exact) mass is 431 g/mol. The molecule has 1 aliphatic rings. The minimum Gasteiger partial charge on any atom is -0.496 e. The first-order chi connectivity index (χ1) is 14.8. The molecule has 1 aliphatic heterocycles. The average molecular weight is 431 g/mol. The van der Waals surface area contributed by atoms with Crippen LogP contribution in [-0.4, -0.2) is 24.7 Å². The van der Waals surface area contributed by atoms with Crippen LogP contribution in [-0.2, 0) is 12.6 Å². The van der Waals surface area contributed by atoms with E-state index in [-0.39, 0.29) is 28.8 Å². The molecule has 2 amide bonds. The molecule has 0 unspecified atom stereocenters. The van der Waals surface area contributed by atoms with E-state index in [0.29, 0.717) is 17.5 Å². The Balaban J connectivity index is 1.65. The fourth-order valence-electron chi connectivity index (χ4n) is 3.56. The fraction of sp³-hybridized carbons (Fsp3) is 0.182. The number of ether oxygens (including phenoxy) is 1. The quantitative estimate of drug-likeness (QED) is 0.398. The Morgan fingerprint density at radius 3 is 2.58 bits per heavy atom. The zero-order valence-corrected chi connectivity index (χ0v) is 16.4. The van der Waals surface area contributed by atoms with Gasteiger partial charge in [0.2, 0.25) is 0 Å². The van der Waals surface area contributed by atoms with Gasteiger partial charge >= 0.3 is 12.2 Å². The smallest absolute Gasteiger partial charge is 0.420 e. The maximum Gasteiger partial charge on any atom is 0.420 e. The highest BCUT2D eigenvalue weighted by Crippen LogP contribution is 2.42. The molecule has 0 radical (unpaired) electrons. The molecule has 1 aromatic heterocycles. The predicted octanol–water partition coefficient (Wildman–Crippen LogP) is 5.65. The molecule has 5 nitrogen and oxygen atoms in total. The molecule has 0 bridgehead atoms. The molecule has 0 fully saturated rings. The summed E-state index contributed by atoms with van der Waals surface area (Å²) < 4.78 is 60.0. The highest BCUT2D eigenvalue weighted by atomic mass is 19.4. The summed E-state index contributed by atoms with van der Waals surface area (Å²) in [7, 11) is 1.15. The van der Waals surface area contributed by atoms with Gasteiger partial charge in [0, 0.05) is 30.2 Å². The van der Waals surface area contributed by atoms with E-state index in [9.17, 15) is 18.0 Å². The first kappa shape index (κ1) is 20.6. The molecule has 2 heterocycles. The lowest BCUT2D eigenvalue weighted by Crippen LogP contribution is -2.38. The van der Waals surface area contributed by atoms with E-state index in [1.165, 1.54) is 18.2 Å². The molecule has 0 N–H and O–H groups in total. The van der Waals surface area contributed by atoms with Gasteiger partial charge in [0.15, 0.2) is 0 Å². The number of carbonyl (C=O) groups excluding carboxylic acids is 1. The Kier molecular flexibility index (Phi) is 5.26. The molecule has 0 saturated carbocycles. The number of rotatable bonds is 3. The molecule has 0 atom stereocenters. The molecule has 160 valence electrons. The number of hydrogen-bond donors (Lipinski definition) is 0. The van der Waals surface area contributed by atoms with Crippen LogP contribution in [0.4, 0.5) is 33.8 Å². The number of alkyl halides is 3. The van der Waals surface area contributed by atoms with Crippen molar-refractivity contribution in [3.63, 3.8) is 0 Å². The van der Waals surface area contributed by atoms with Crippen molar-refractivity contribution in [3.05, 3.63) is 72.1 Å². The lowest BCUT2D eigenvalue weighted by atomic mass is 10.1. The van der Waals surface area contributed by atoms with E-state index in [1.54, 1.807) is 36.7 Å². The first-order valence-electron chi connectivity index (χ1n) is 9.35. The Labute approximate surface area is 175 Å². The summed E-state index contributed by atoms with van der Waals surface area (Å²) in [4.78, 5) is 17.8. The number of methoxy groups -OCH3 is 1. The van der Waals surface area contributed by atoms with Crippen LogP contribution < -0.4 is 14.8 Å². The predicted molar refractivity (Wildman–Crippen MR) is 108 cm³/mol. The van der Waals surface area contributed by atoms with Gasteiger partial charge < -0.3 is 4.74 Å².